The molecule has 1 fully saturated rings. The molecule has 4 nitrogen and oxygen atoms in total. The van der Waals surface area contributed by atoms with Crippen LogP contribution < -0.4 is 10.5 Å². The van der Waals surface area contributed by atoms with E-state index in [9.17, 15) is 17.2 Å². The molecule has 2 atom stereocenters. The summed E-state index contributed by atoms with van der Waals surface area (Å²) in [5, 5.41) is 0. The topological polar surface area (TPSA) is 72.2 Å². The molecule has 0 bridgehead atoms. The quantitative estimate of drug-likeness (QED) is 0.890. The molecule has 1 aliphatic carbocycles. The molecule has 1 aliphatic rings. The van der Waals surface area contributed by atoms with Crippen molar-refractivity contribution in [2.75, 3.05) is 6.54 Å². The van der Waals surface area contributed by atoms with Crippen LogP contribution in [0.15, 0.2) is 23.1 Å². The largest absolute Gasteiger partial charge is 0.330 e. The minimum atomic E-state index is -4.08. The highest BCUT2D eigenvalue weighted by Gasteiger charge is 2.30. The Hall–Kier alpha value is -1.05. The van der Waals surface area contributed by atoms with Crippen molar-refractivity contribution in [1.82, 2.24) is 4.72 Å². The zero-order valence-corrected chi connectivity index (χ0v) is 11.8. The van der Waals surface area contributed by atoms with Crippen LogP contribution in [0, 0.1) is 17.6 Å². The van der Waals surface area contributed by atoms with E-state index in [0.29, 0.717) is 13.0 Å². The van der Waals surface area contributed by atoms with Gasteiger partial charge >= 0.3 is 0 Å². The van der Waals surface area contributed by atoms with Crippen molar-refractivity contribution in [2.45, 2.75) is 36.6 Å². The molecule has 0 spiro atoms. The van der Waals surface area contributed by atoms with E-state index in [1.807, 2.05) is 0 Å². The van der Waals surface area contributed by atoms with Gasteiger partial charge in [-0.15, -0.1) is 0 Å². The first-order valence-corrected chi connectivity index (χ1v) is 8.10. The predicted octanol–water partition coefficient (Wildman–Crippen LogP) is 1.76. The molecule has 2 rings (SSSR count). The second kappa shape index (κ2) is 6.15. The fourth-order valence-corrected chi connectivity index (χ4v) is 4.03. The van der Waals surface area contributed by atoms with E-state index in [1.165, 1.54) is 6.07 Å². The van der Waals surface area contributed by atoms with Gasteiger partial charge in [-0.05, 0) is 37.4 Å². The Labute approximate surface area is 117 Å². The van der Waals surface area contributed by atoms with Gasteiger partial charge in [0.1, 0.15) is 4.90 Å². The van der Waals surface area contributed by atoms with Crippen molar-refractivity contribution in [3.8, 4) is 0 Å². The average molecular weight is 304 g/mol. The zero-order valence-electron chi connectivity index (χ0n) is 11.0. The van der Waals surface area contributed by atoms with E-state index in [-0.39, 0.29) is 12.0 Å². The highest BCUT2D eigenvalue weighted by Crippen LogP contribution is 2.26. The molecule has 0 heterocycles. The lowest BCUT2D eigenvalue weighted by Gasteiger charge is -2.31. The van der Waals surface area contributed by atoms with E-state index in [0.717, 1.165) is 31.4 Å². The molecule has 1 aromatic rings. The Morgan fingerprint density at radius 2 is 1.95 bits per heavy atom. The van der Waals surface area contributed by atoms with E-state index in [1.54, 1.807) is 0 Å². The van der Waals surface area contributed by atoms with E-state index in [2.05, 4.69) is 4.72 Å². The monoisotopic (exact) mass is 304 g/mol. The number of sulfonamides is 1. The van der Waals surface area contributed by atoms with Crippen LogP contribution in [0.5, 0.6) is 0 Å². The molecule has 1 saturated carbocycles. The standard InChI is InChI=1S/C13H18F2N2O2S/c14-10-5-3-7-12(13(10)15)20(18,19)17-11-6-2-1-4-9(11)8-16/h3,5,7,9,11,17H,1-2,4,6,8,16H2. The van der Waals surface area contributed by atoms with Crippen molar-refractivity contribution in [3.63, 3.8) is 0 Å². The summed E-state index contributed by atoms with van der Waals surface area (Å²) >= 11 is 0. The molecule has 0 saturated heterocycles. The zero-order chi connectivity index (χ0) is 14.8. The fraction of sp³-hybridized carbons (Fsp3) is 0.538. The molecule has 0 radical (unpaired) electrons. The van der Waals surface area contributed by atoms with E-state index < -0.39 is 26.6 Å². The molecular formula is C13H18F2N2O2S. The van der Waals surface area contributed by atoms with Crippen LogP contribution >= 0.6 is 0 Å². The first-order chi connectivity index (χ1) is 9.45. The third-order valence-electron chi connectivity index (χ3n) is 3.72. The third-order valence-corrected chi connectivity index (χ3v) is 5.23. The van der Waals surface area contributed by atoms with Gasteiger partial charge in [-0.1, -0.05) is 18.9 Å². The van der Waals surface area contributed by atoms with Gasteiger partial charge in [-0.25, -0.2) is 21.9 Å². The summed E-state index contributed by atoms with van der Waals surface area (Å²) in [5.74, 6) is -2.48. The van der Waals surface area contributed by atoms with Crippen LogP contribution in [-0.4, -0.2) is 21.0 Å². The summed E-state index contributed by atoms with van der Waals surface area (Å²) in [5.41, 5.74) is 5.64. The first-order valence-electron chi connectivity index (χ1n) is 6.62. The minimum Gasteiger partial charge on any atom is -0.330 e. The molecule has 20 heavy (non-hydrogen) atoms. The van der Waals surface area contributed by atoms with Gasteiger partial charge in [0, 0.05) is 6.04 Å². The third kappa shape index (κ3) is 3.16. The molecule has 2 unspecified atom stereocenters. The van der Waals surface area contributed by atoms with Crippen LogP contribution in [0.1, 0.15) is 25.7 Å². The summed E-state index contributed by atoms with van der Waals surface area (Å²) in [6, 6.07) is 2.80. The Bertz CT molecular complexity index is 578. The Kier molecular flexibility index (Phi) is 4.72. The van der Waals surface area contributed by atoms with Crippen molar-refractivity contribution in [2.24, 2.45) is 11.7 Å². The second-order valence-electron chi connectivity index (χ2n) is 5.06. The van der Waals surface area contributed by atoms with Crippen LogP contribution in [0.2, 0.25) is 0 Å². The molecule has 1 aromatic carbocycles. The molecule has 112 valence electrons. The van der Waals surface area contributed by atoms with Crippen LogP contribution in [-0.2, 0) is 10.0 Å². The maximum Gasteiger partial charge on any atom is 0.243 e. The van der Waals surface area contributed by atoms with Crippen molar-refractivity contribution in [3.05, 3.63) is 29.8 Å². The first kappa shape index (κ1) is 15.3. The SMILES string of the molecule is NCC1CCCCC1NS(=O)(=O)c1cccc(F)c1F. The summed E-state index contributed by atoms with van der Waals surface area (Å²) < 4.78 is 53.6. The molecule has 7 heteroatoms. The van der Waals surface area contributed by atoms with Gasteiger partial charge < -0.3 is 5.73 Å². The van der Waals surface area contributed by atoms with Crippen molar-refractivity contribution < 1.29 is 17.2 Å². The number of benzene rings is 1. The number of hydrogen-bond acceptors (Lipinski definition) is 3. The lowest BCUT2D eigenvalue weighted by Crippen LogP contribution is -2.44. The number of nitrogens with one attached hydrogen (secondary N) is 1. The van der Waals surface area contributed by atoms with Gasteiger partial charge in [-0.3, -0.25) is 0 Å². The molecule has 0 aliphatic heterocycles. The summed E-state index contributed by atoms with van der Waals surface area (Å²) in [6.45, 7) is 0.374. The van der Waals surface area contributed by atoms with Crippen molar-refractivity contribution in [1.29, 1.82) is 0 Å². The lowest BCUT2D eigenvalue weighted by molar-refractivity contribution is 0.296. The van der Waals surface area contributed by atoms with Crippen LogP contribution in [0.4, 0.5) is 8.78 Å². The molecule has 3 N–H and O–H groups in total. The van der Waals surface area contributed by atoms with E-state index >= 15 is 0 Å². The van der Waals surface area contributed by atoms with Crippen molar-refractivity contribution >= 4 is 10.0 Å². The van der Waals surface area contributed by atoms with Crippen LogP contribution in [0.3, 0.4) is 0 Å². The maximum absolute atomic E-state index is 13.6. The van der Waals surface area contributed by atoms with Gasteiger partial charge in [0.2, 0.25) is 10.0 Å². The number of hydrogen-bond donors (Lipinski definition) is 2. The predicted molar refractivity (Wildman–Crippen MR) is 71.5 cm³/mol. The maximum atomic E-state index is 13.6. The second-order valence-corrected chi connectivity index (χ2v) is 6.74. The van der Waals surface area contributed by atoms with E-state index in [4.69, 9.17) is 5.73 Å². The molecule has 0 amide bonds. The Morgan fingerprint density at radius 3 is 2.65 bits per heavy atom. The highest BCUT2D eigenvalue weighted by molar-refractivity contribution is 7.89. The lowest BCUT2D eigenvalue weighted by atomic mass is 9.85. The fourth-order valence-electron chi connectivity index (χ4n) is 2.60. The van der Waals surface area contributed by atoms with Gasteiger partial charge in [0.25, 0.3) is 0 Å². The minimum absolute atomic E-state index is 0.0372. The van der Waals surface area contributed by atoms with Gasteiger partial charge in [-0.2, -0.15) is 0 Å². The molecule has 0 aromatic heterocycles. The summed E-state index contributed by atoms with van der Waals surface area (Å²) in [6.07, 6.45) is 3.41. The number of halogens is 2. The molecular weight excluding hydrogens is 286 g/mol. The smallest absolute Gasteiger partial charge is 0.243 e. The number of nitrogens with two attached hydrogens (primary N) is 1. The van der Waals surface area contributed by atoms with Gasteiger partial charge in [0.15, 0.2) is 11.6 Å². The van der Waals surface area contributed by atoms with Crippen LogP contribution in [0.25, 0.3) is 0 Å². The summed E-state index contributed by atoms with van der Waals surface area (Å²) in [7, 11) is -4.08. The summed E-state index contributed by atoms with van der Waals surface area (Å²) in [4.78, 5) is -0.654. The highest BCUT2D eigenvalue weighted by atomic mass is 32.2. The average Bonchev–Trinajstić information content (AvgIpc) is 2.42. The normalized spacial score (nSPS) is 23.8. The Balaban J connectivity index is 2.24. The van der Waals surface area contributed by atoms with Gasteiger partial charge in [0.05, 0.1) is 0 Å². The Morgan fingerprint density at radius 1 is 1.25 bits per heavy atom. The number of rotatable bonds is 4.